The van der Waals surface area contributed by atoms with Crippen LogP contribution in [0.15, 0.2) is 22.7 Å². The fraction of sp³-hybridized carbons (Fsp3) is 0.500. The second-order valence-electron chi connectivity index (χ2n) is 4.74. The van der Waals surface area contributed by atoms with Crippen molar-refractivity contribution in [3.63, 3.8) is 0 Å². The van der Waals surface area contributed by atoms with Crippen LogP contribution in [-0.2, 0) is 11.2 Å². The fourth-order valence-electron chi connectivity index (χ4n) is 2.31. The molecule has 4 nitrogen and oxygen atoms in total. The third-order valence-corrected chi connectivity index (χ3v) is 3.75. The average Bonchev–Trinajstić information content (AvgIpc) is 2.40. The molecule has 1 aliphatic heterocycles. The van der Waals surface area contributed by atoms with E-state index in [1.54, 1.807) is 7.11 Å². The van der Waals surface area contributed by atoms with E-state index in [0.717, 1.165) is 41.7 Å². The molecule has 6 heteroatoms. The van der Waals surface area contributed by atoms with Crippen molar-refractivity contribution in [2.45, 2.75) is 25.3 Å². The summed E-state index contributed by atoms with van der Waals surface area (Å²) < 4.78 is 6.23. The van der Waals surface area contributed by atoms with Gasteiger partial charge >= 0.3 is 0 Å². The number of halogens is 2. The third kappa shape index (κ3) is 4.96. The topological polar surface area (TPSA) is 50.4 Å². The number of amides is 1. The summed E-state index contributed by atoms with van der Waals surface area (Å²) in [6, 6.07) is 5.96. The Labute approximate surface area is 134 Å². The maximum absolute atomic E-state index is 12.1. The van der Waals surface area contributed by atoms with E-state index >= 15 is 0 Å². The van der Waals surface area contributed by atoms with Gasteiger partial charge in [0.15, 0.2) is 0 Å². The van der Waals surface area contributed by atoms with Crippen molar-refractivity contribution in [3.05, 3.63) is 28.2 Å². The van der Waals surface area contributed by atoms with Crippen LogP contribution < -0.4 is 15.4 Å². The highest BCUT2D eigenvalue weighted by Crippen LogP contribution is 2.23. The van der Waals surface area contributed by atoms with Crippen LogP contribution in [0.5, 0.6) is 5.75 Å². The van der Waals surface area contributed by atoms with Crippen LogP contribution in [0.2, 0.25) is 0 Å². The monoisotopic (exact) mass is 362 g/mol. The van der Waals surface area contributed by atoms with Gasteiger partial charge in [-0.3, -0.25) is 4.79 Å². The lowest BCUT2D eigenvalue weighted by Gasteiger charge is -2.24. The molecule has 1 heterocycles. The minimum absolute atomic E-state index is 0. The number of rotatable bonds is 4. The number of carbonyl (C=O) groups excluding carboxylic acids is 1. The maximum Gasteiger partial charge on any atom is 0.224 e. The molecule has 1 aromatic carbocycles. The van der Waals surface area contributed by atoms with Crippen LogP contribution in [0.4, 0.5) is 0 Å². The number of benzene rings is 1. The van der Waals surface area contributed by atoms with Crippen LogP contribution in [0, 0.1) is 0 Å². The van der Waals surface area contributed by atoms with Crippen LogP contribution >= 0.6 is 28.3 Å². The molecule has 0 radical (unpaired) electrons. The van der Waals surface area contributed by atoms with Gasteiger partial charge < -0.3 is 15.4 Å². The molecule has 1 atom stereocenters. The molecule has 1 unspecified atom stereocenters. The molecule has 112 valence electrons. The predicted molar refractivity (Wildman–Crippen MR) is 85.7 cm³/mol. The molecule has 1 fully saturated rings. The summed E-state index contributed by atoms with van der Waals surface area (Å²) in [5, 5.41) is 6.35. The van der Waals surface area contributed by atoms with Gasteiger partial charge in [0.25, 0.3) is 0 Å². The summed E-state index contributed by atoms with van der Waals surface area (Å²) in [7, 11) is 1.62. The summed E-state index contributed by atoms with van der Waals surface area (Å²) >= 11 is 3.42. The zero-order chi connectivity index (χ0) is 13.7. The SMILES string of the molecule is COc1ccc(Br)cc1CC(=O)NC1CCCNC1.Cl. The molecule has 2 rings (SSSR count). The Bertz CT molecular complexity index is 451. The van der Waals surface area contributed by atoms with Crippen LogP contribution in [0.1, 0.15) is 18.4 Å². The van der Waals surface area contributed by atoms with Crippen molar-refractivity contribution in [3.8, 4) is 5.75 Å². The van der Waals surface area contributed by atoms with E-state index < -0.39 is 0 Å². The highest BCUT2D eigenvalue weighted by atomic mass is 79.9. The number of methoxy groups -OCH3 is 1. The van der Waals surface area contributed by atoms with Gasteiger partial charge in [-0.1, -0.05) is 15.9 Å². The zero-order valence-electron chi connectivity index (χ0n) is 11.4. The van der Waals surface area contributed by atoms with E-state index in [9.17, 15) is 4.79 Å². The van der Waals surface area contributed by atoms with E-state index in [-0.39, 0.29) is 24.4 Å². The quantitative estimate of drug-likeness (QED) is 0.863. The van der Waals surface area contributed by atoms with E-state index in [1.165, 1.54) is 0 Å². The summed E-state index contributed by atoms with van der Waals surface area (Å²) in [4.78, 5) is 12.1. The van der Waals surface area contributed by atoms with E-state index in [1.807, 2.05) is 18.2 Å². The molecule has 1 saturated heterocycles. The van der Waals surface area contributed by atoms with Gasteiger partial charge in [-0.25, -0.2) is 0 Å². The standard InChI is InChI=1S/C14H19BrN2O2.ClH/c1-19-13-5-4-11(15)7-10(13)8-14(18)17-12-3-2-6-16-9-12;/h4-5,7,12,16H,2-3,6,8-9H2,1H3,(H,17,18);1H. The molecule has 0 bridgehead atoms. The first kappa shape index (κ1) is 17.3. The molecule has 2 N–H and O–H groups in total. The lowest BCUT2D eigenvalue weighted by molar-refractivity contribution is -0.121. The van der Waals surface area contributed by atoms with E-state index in [0.29, 0.717) is 6.42 Å². The lowest BCUT2D eigenvalue weighted by Crippen LogP contribution is -2.46. The van der Waals surface area contributed by atoms with Gasteiger partial charge in [0.05, 0.1) is 13.5 Å². The van der Waals surface area contributed by atoms with Crippen molar-refractivity contribution in [1.82, 2.24) is 10.6 Å². The number of piperidine rings is 1. The molecule has 0 saturated carbocycles. The Morgan fingerprint density at radius 3 is 3.00 bits per heavy atom. The summed E-state index contributed by atoms with van der Waals surface area (Å²) in [6.45, 7) is 1.91. The molecule has 0 aromatic heterocycles. The first-order chi connectivity index (χ1) is 9.19. The lowest BCUT2D eigenvalue weighted by atomic mass is 10.1. The highest BCUT2D eigenvalue weighted by Gasteiger charge is 2.16. The van der Waals surface area contributed by atoms with Gasteiger partial charge in [0.2, 0.25) is 5.91 Å². The largest absolute Gasteiger partial charge is 0.496 e. The van der Waals surface area contributed by atoms with Gasteiger partial charge in [-0.15, -0.1) is 12.4 Å². The van der Waals surface area contributed by atoms with E-state index in [4.69, 9.17) is 4.74 Å². The van der Waals surface area contributed by atoms with Crippen LogP contribution in [0.25, 0.3) is 0 Å². The van der Waals surface area contributed by atoms with Crippen molar-refractivity contribution in [2.24, 2.45) is 0 Å². The smallest absolute Gasteiger partial charge is 0.224 e. The minimum atomic E-state index is 0. The number of carbonyl (C=O) groups is 1. The Balaban J connectivity index is 0.00000200. The molecule has 0 aliphatic carbocycles. The number of nitrogens with one attached hydrogen (secondary N) is 2. The van der Waals surface area contributed by atoms with Crippen LogP contribution in [-0.4, -0.2) is 32.1 Å². The normalized spacial score (nSPS) is 18.0. The summed E-state index contributed by atoms with van der Waals surface area (Å²) in [5.41, 5.74) is 0.901. The zero-order valence-corrected chi connectivity index (χ0v) is 13.9. The molecule has 1 amide bonds. The van der Waals surface area contributed by atoms with Gasteiger partial charge in [0, 0.05) is 22.6 Å². The van der Waals surface area contributed by atoms with Gasteiger partial charge in [0.1, 0.15) is 5.75 Å². The average molecular weight is 364 g/mol. The Hall–Kier alpha value is -0.780. The van der Waals surface area contributed by atoms with Crippen molar-refractivity contribution < 1.29 is 9.53 Å². The number of hydrogen-bond acceptors (Lipinski definition) is 3. The first-order valence-electron chi connectivity index (χ1n) is 6.51. The Morgan fingerprint density at radius 1 is 1.55 bits per heavy atom. The number of ether oxygens (including phenoxy) is 1. The van der Waals surface area contributed by atoms with Crippen LogP contribution in [0.3, 0.4) is 0 Å². The molecular formula is C14H20BrClN2O2. The van der Waals surface area contributed by atoms with Crippen molar-refractivity contribution in [1.29, 1.82) is 0 Å². The Morgan fingerprint density at radius 2 is 2.35 bits per heavy atom. The number of hydrogen-bond donors (Lipinski definition) is 2. The van der Waals surface area contributed by atoms with Gasteiger partial charge in [-0.2, -0.15) is 0 Å². The van der Waals surface area contributed by atoms with E-state index in [2.05, 4.69) is 26.6 Å². The molecule has 0 spiro atoms. The molecule has 1 aliphatic rings. The van der Waals surface area contributed by atoms with Crippen molar-refractivity contribution in [2.75, 3.05) is 20.2 Å². The molecule has 1 aromatic rings. The second kappa shape index (κ2) is 8.49. The predicted octanol–water partition coefficient (Wildman–Crippen LogP) is 2.29. The fourth-order valence-corrected chi connectivity index (χ4v) is 2.72. The maximum atomic E-state index is 12.1. The molecular weight excluding hydrogens is 344 g/mol. The highest BCUT2D eigenvalue weighted by molar-refractivity contribution is 9.10. The Kier molecular flexibility index (Phi) is 7.34. The molecule has 20 heavy (non-hydrogen) atoms. The minimum Gasteiger partial charge on any atom is -0.496 e. The third-order valence-electron chi connectivity index (χ3n) is 3.26. The van der Waals surface area contributed by atoms with Gasteiger partial charge in [-0.05, 0) is 37.6 Å². The summed E-state index contributed by atoms with van der Waals surface area (Å²) in [6.07, 6.45) is 2.51. The second-order valence-corrected chi connectivity index (χ2v) is 5.66. The van der Waals surface area contributed by atoms with Crippen molar-refractivity contribution >= 4 is 34.2 Å². The first-order valence-corrected chi connectivity index (χ1v) is 7.31. The summed E-state index contributed by atoms with van der Waals surface area (Å²) in [5.74, 6) is 0.796.